The largest absolute Gasteiger partial charge is 0.486 e. The molecule has 2 aromatic rings. The molecule has 1 unspecified atom stereocenters. The van der Waals surface area contributed by atoms with E-state index in [1.54, 1.807) is 0 Å². The van der Waals surface area contributed by atoms with Crippen molar-refractivity contribution in [1.29, 1.82) is 0 Å². The van der Waals surface area contributed by atoms with Gasteiger partial charge in [-0.25, -0.2) is 24.1 Å². The number of hydrogen-bond donors (Lipinski definition) is 6. The van der Waals surface area contributed by atoms with Crippen LogP contribution in [0.25, 0.3) is 11.2 Å². The molecule has 21 heteroatoms. The Kier molecular flexibility index (Phi) is 7.02. The highest BCUT2D eigenvalue weighted by molar-refractivity contribution is 9.10. The van der Waals surface area contributed by atoms with Crippen LogP contribution in [0.5, 0.6) is 0 Å². The number of nitrogens with zero attached hydrogens (tertiary/aromatic N) is 4. The number of nitrogens with two attached hydrogens (primary N) is 1. The lowest BCUT2D eigenvalue weighted by Gasteiger charge is -2.30. The van der Waals surface area contributed by atoms with E-state index in [-0.39, 0.29) is 21.7 Å². The highest BCUT2D eigenvalue weighted by Crippen LogP contribution is 2.67. The molecule has 36 heavy (non-hydrogen) atoms. The predicted molar refractivity (Wildman–Crippen MR) is 116 cm³/mol. The summed E-state index contributed by atoms with van der Waals surface area (Å²) in [7, 11) is -10.3. The maximum atomic E-state index is 13.4. The number of nitrogen functional groups attached to an aromatic ring is 1. The molecule has 18 nitrogen and oxygen atoms in total. The summed E-state index contributed by atoms with van der Waals surface area (Å²) in [5.41, 5.74) is 6.16. The number of halogens is 1. The second kappa shape index (κ2) is 9.55. The molecule has 3 fully saturated rings. The van der Waals surface area contributed by atoms with E-state index in [1.165, 1.54) is 4.57 Å². The SMILES string of the molecule is Nc1ncnc2c1nc(Br)n2[C@@H]1O[C@@H]2COP(=O)(O)O[P@@](=O)(O[C@@H]3O[C@H](CO)[C@@H](O)[C@H]3O)O[C@H]2[C@H]1O. The Labute approximate surface area is 209 Å². The first-order valence-electron chi connectivity index (χ1n) is 10.2. The maximum Gasteiger partial charge on any atom is 0.486 e. The quantitative estimate of drug-likeness (QED) is 0.168. The molecule has 3 aliphatic rings. The minimum Gasteiger partial charge on any atom is -0.394 e. The number of fused-ring (bicyclic) bond motifs is 2. The van der Waals surface area contributed by atoms with Crippen molar-refractivity contribution in [3.05, 3.63) is 11.1 Å². The Morgan fingerprint density at radius 2 is 1.94 bits per heavy atom. The van der Waals surface area contributed by atoms with Gasteiger partial charge in [-0.15, -0.1) is 0 Å². The molecule has 7 N–H and O–H groups in total. The number of aliphatic hydroxyl groups is 4. The second-order valence-electron chi connectivity index (χ2n) is 7.91. The van der Waals surface area contributed by atoms with Crippen LogP contribution in [0, 0.1) is 0 Å². The van der Waals surface area contributed by atoms with Crippen molar-refractivity contribution in [2.75, 3.05) is 18.9 Å². The van der Waals surface area contributed by atoms with Gasteiger partial charge in [0.25, 0.3) is 0 Å². The number of aromatic nitrogens is 4. The molecule has 3 saturated heterocycles. The summed E-state index contributed by atoms with van der Waals surface area (Å²) in [5.74, 6) is 0.0450. The standard InChI is InChI=1S/C15H20BrN5O13P2/c16-15-20-6-11(17)18-3-19-12(6)21(15)13-9(25)10-5(30-13)2-29-35(26,27)34-36(28,32-10)33-14-8(24)7(23)4(1-22)31-14/h3-5,7-10,13-14,22-25H,1-2H2,(H,26,27)(H2,17,18,19)/t4-,5-,7-,8-,9-,10-,13-,14+,36-/m1/s1. The average Bonchev–Trinajstić information content (AvgIpc) is 3.38. The summed E-state index contributed by atoms with van der Waals surface area (Å²) in [6.45, 7) is -1.37. The lowest BCUT2D eigenvalue weighted by atomic mass is 10.1. The minimum atomic E-state index is -5.17. The van der Waals surface area contributed by atoms with Crippen molar-refractivity contribution in [2.24, 2.45) is 0 Å². The van der Waals surface area contributed by atoms with E-state index in [1.807, 2.05) is 0 Å². The molecule has 2 aromatic heterocycles. The van der Waals surface area contributed by atoms with Crippen molar-refractivity contribution < 1.29 is 61.8 Å². The number of hydrogen-bond acceptors (Lipinski definition) is 16. The Bertz CT molecular complexity index is 1250. The molecule has 0 aliphatic carbocycles. The van der Waals surface area contributed by atoms with Crippen LogP contribution in [0.4, 0.5) is 5.82 Å². The molecule has 200 valence electrons. The van der Waals surface area contributed by atoms with E-state index < -0.39 is 78.0 Å². The Morgan fingerprint density at radius 3 is 2.64 bits per heavy atom. The molecular weight excluding hydrogens is 600 g/mol. The van der Waals surface area contributed by atoms with Gasteiger partial charge in [-0.1, -0.05) is 0 Å². The highest BCUT2D eigenvalue weighted by atomic mass is 79.9. The van der Waals surface area contributed by atoms with Crippen LogP contribution in [-0.2, 0) is 36.5 Å². The maximum absolute atomic E-state index is 13.4. The van der Waals surface area contributed by atoms with Gasteiger partial charge in [0.15, 0.2) is 34.2 Å². The summed E-state index contributed by atoms with van der Waals surface area (Å²) < 4.78 is 57.8. The lowest BCUT2D eigenvalue weighted by molar-refractivity contribution is -0.135. The van der Waals surface area contributed by atoms with Crippen molar-refractivity contribution in [1.82, 2.24) is 19.5 Å². The van der Waals surface area contributed by atoms with Crippen molar-refractivity contribution in [2.45, 2.75) is 49.1 Å². The fraction of sp³-hybridized carbons (Fsp3) is 0.667. The van der Waals surface area contributed by atoms with Crippen molar-refractivity contribution in [3.63, 3.8) is 0 Å². The van der Waals surface area contributed by atoms with E-state index in [0.29, 0.717) is 0 Å². The third-order valence-corrected chi connectivity index (χ3v) is 9.24. The molecule has 0 saturated carbocycles. The fourth-order valence-electron chi connectivity index (χ4n) is 3.93. The first-order chi connectivity index (χ1) is 16.9. The molecule has 0 radical (unpaired) electrons. The lowest BCUT2D eigenvalue weighted by Crippen LogP contribution is -2.38. The minimum absolute atomic E-state index is 0.0450. The zero-order chi connectivity index (χ0) is 26.0. The fourth-order valence-corrected chi connectivity index (χ4v) is 7.36. The topological polar surface area (TPSA) is 260 Å². The van der Waals surface area contributed by atoms with Crippen LogP contribution in [0.15, 0.2) is 11.1 Å². The number of anilines is 1. The molecular formula is C15H20BrN5O13P2. The Balaban J connectivity index is 1.46. The predicted octanol–water partition coefficient (Wildman–Crippen LogP) is -1.47. The van der Waals surface area contributed by atoms with Crippen LogP contribution < -0.4 is 5.73 Å². The van der Waals surface area contributed by atoms with Gasteiger partial charge >= 0.3 is 15.6 Å². The second-order valence-corrected chi connectivity index (χ2v) is 11.8. The number of phosphoric acid groups is 2. The zero-order valence-corrected chi connectivity index (χ0v) is 21.1. The first-order valence-corrected chi connectivity index (χ1v) is 13.9. The van der Waals surface area contributed by atoms with E-state index in [4.69, 9.17) is 28.8 Å². The third-order valence-electron chi connectivity index (χ3n) is 5.61. The van der Waals surface area contributed by atoms with E-state index >= 15 is 0 Å². The number of rotatable bonds is 4. The summed E-state index contributed by atoms with van der Waals surface area (Å²) in [4.78, 5) is 22.1. The van der Waals surface area contributed by atoms with E-state index in [9.17, 15) is 34.4 Å². The first kappa shape index (κ1) is 26.5. The van der Waals surface area contributed by atoms with Gasteiger partial charge in [0, 0.05) is 0 Å². The van der Waals surface area contributed by atoms with Crippen LogP contribution in [-0.4, -0.2) is 101 Å². The van der Waals surface area contributed by atoms with Crippen LogP contribution in [0.2, 0.25) is 0 Å². The number of aliphatic hydroxyl groups excluding tert-OH is 4. The monoisotopic (exact) mass is 619 g/mol. The van der Waals surface area contributed by atoms with Gasteiger partial charge < -0.3 is 40.5 Å². The van der Waals surface area contributed by atoms with Crippen LogP contribution in [0.1, 0.15) is 6.23 Å². The third kappa shape index (κ3) is 4.63. The molecule has 3 aliphatic heterocycles. The van der Waals surface area contributed by atoms with Crippen molar-refractivity contribution >= 4 is 48.6 Å². The molecule has 0 bridgehead atoms. The van der Waals surface area contributed by atoms with Gasteiger partial charge in [-0.3, -0.25) is 18.1 Å². The number of phosphoric ester groups is 2. The average molecular weight is 620 g/mol. The zero-order valence-electron chi connectivity index (χ0n) is 17.8. The van der Waals surface area contributed by atoms with Gasteiger partial charge in [0.2, 0.25) is 0 Å². The van der Waals surface area contributed by atoms with Crippen LogP contribution in [0.3, 0.4) is 0 Å². The summed E-state index contributed by atoms with van der Waals surface area (Å²) in [6.07, 6.45) is -11.3. The van der Waals surface area contributed by atoms with Gasteiger partial charge in [0.05, 0.1) is 13.2 Å². The highest BCUT2D eigenvalue weighted by Gasteiger charge is 2.56. The molecule has 5 rings (SSSR count). The molecule has 0 spiro atoms. The van der Waals surface area contributed by atoms with E-state index in [0.717, 1.165) is 6.33 Å². The summed E-state index contributed by atoms with van der Waals surface area (Å²) in [6, 6.07) is 0. The van der Waals surface area contributed by atoms with Gasteiger partial charge in [-0.05, 0) is 15.9 Å². The van der Waals surface area contributed by atoms with E-state index in [2.05, 4.69) is 35.2 Å². The number of ether oxygens (including phenoxy) is 2. The Morgan fingerprint density at radius 1 is 1.19 bits per heavy atom. The molecule has 0 aromatic carbocycles. The van der Waals surface area contributed by atoms with Gasteiger partial charge in [-0.2, -0.15) is 4.31 Å². The summed E-state index contributed by atoms with van der Waals surface area (Å²) >= 11 is 3.22. The van der Waals surface area contributed by atoms with Crippen molar-refractivity contribution in [3.8, 4) is 0 Å². The van der Waals surface area contributed by atoms with Crippen LogP contribution >= 0.6 is 31.6 Å². The molecule has 10 atom stereocenters. The van der Waals surface area contributed by atoms with Gasteiger partial charge in [0.1, 0.15) is 43.0 Å². The normalized spacial score (nSPS) is 43.4. The number of imidazole rings is 1. The molecule has 5 heterocycles. The Hall–Kier alpha value is -1.15. The smallest absolute Gasteiger partial charge is 0.394 e. The molecule has 0 amide bonds. The summed E-state index contributed by atoms with van der Waals surface area (Å²) in [5, 5.41) is 40.3.